The summed E-state index contributed by atoms with van der Waals surface area (Å²) in [5.41, 5.74) is 1.38. The van der Waals surface area contributed by atoms with Crippen molar-refractivity contribution in [3.63, 3.8) is 0 Å². The lowest BCUT2D eigenvalue weighted by molar-refractivity contribution is -0.137. The van der Waals surface area contributed by atoms with Gasteiger partial charge < -0.3 is 15.2 Å². The Morgan fingerprint density at radius 3 is 2.64 bits per heavy atom. The summed E-state index contributed by atoms with van der Waals surface area (Å²) < 4.78 is 5.39. The van der Waals surface area contributed by atoms with E-state index in [4.69, 9.17) is 9.84 Å². The fourth-order valence-corrected chi connectivity index (χ4v) is 2.50. The molecule has 0 saturated carbocycles. The third-order valence-corrected chi connectivity index (χ3v) is 3.66. The number of pyridine rings is 1. The molecule has 2 aromatic rings. The van der Waals surface area contributed by atoms with E-state index in [2.05, 4.69) is 10.3 Å². The minimum absolute atomic E-state index is 0.0108. The summed E-state index contributed by atoms with van der Waals surface area (Å²) in [6.45, 7) is 2.23. The molecule has 25 heavy (non-hydrogen) atoms. The van der Waals surface area contributed by atoms with Crippen LogP contribution in [0.15, 0.2) is 48.7 Å². The topological polar surface area (TPSA) is 88.5 Å². The van der Waals surface area contributed by atoms with Crippen molar-refractivity contribution in [3.8, 4) is 5.88 Å². The summed E-state index contributed by atoms with van der Waals surface area (Å²) in [4.78, 5) is 27.6. The molecule has 1 unspecified atom stereocenters. The van der Waals surface area contributed by atoms with E-state index in [0.717, 1.165) is 5.56 Å². The molecule has 6 nitrogen and oxygen atoms in total. The molecular weight excluding hydrogens is 320 g/mol. The van der Waals surface area contributed by atoms with E-state index in [0.29, 0.717) is 25.0 Å². The monoisotopic (exact) mass is 342 g/mol. The number of ether oxygens (including phenoxy) is 1. The first kappa shape index (κ1) is 18.4. The van der Waals surface area contributed by atoms with Crippen molar-refractivity contribution >= 4 is 11.9 Å². The molecule has 132 valence electrons. The molecule has 0 aliphatic heterocycles. The van der Waals surface area contributed by atoms with Gasteiger partial charge in [-0.2, -0.15) is 0 Å². The van der Waals surface area contributed by atoms with Gasteiger partial charge in [-0.15, -0.1) is 0 Å². The van der Waals surface area contributed by atoms with Crippen LogP contribution in [0.4, 0.5) is 0 Å². The zero-order chi connectivity index (χ0) is 18.1. The van der Waals surface area contributed by atoms with Crippen LogP contribution in [0.25, 0.3) is 0 Å². The van der Waals surface area contributed by atoms with Gasteiger partial charge in [0, 0.05) is 18.7 Å². The molecule has 0 aliphatic rings. The third kappa shape index (κ3) is 5.91. The molecule has 0 aliphatic carbocycles. The highest BCUT2D eigenvalue weighted by molar-refractivity contribution is 5.96. The van der Waals surface area contributed by atoms with Crippen molar-refractivity contribution in [2.24, 2.45) is 0 Å². The predicted octanol–water partition coefficient (Wildman–Crippen LogP) is 2.69. The number of aromatic nitrogens is 1. The van der Waals surface area contributed by atoms with Crippen LogP contribution in [0.3, 0.4) is 0 Å². The SMILES string of the molecule is CCOc1ncccc1C(=O)NC(CCC(=O)O)Cc1ccccc1. The fourth-order valence-electron chi connectivity index (χ4n) is 2.50. The molecule has 2 N–H and O–H groups in total. The molecular formula is C19H22N2O4. The Morgan fingerprint density at radius 1 is 1.20 bits per heavy atom. The van der Waals surface area contributed by atoms with Crippen molar-refractivity contribution in [3.05, 3.63) is 59.8 Å². The van der Waals surface area contributed by atoms with Gasteiger partial charge in [-0.3, -0.25) is 9.59 Å². The Labute approximate surface area is 146 Å². The number of aliphatic carboxylic acids is 1. The van der Waals surface area contributed by atoms with Gasteiger partial charge in [0.25, 0.3) is 5.91 Å². The van der Waals surface area contributed by atoms with E-state index in [1.54, 1.807) is 18.3 Å². The van der Waals surface area contributed by atoms with Gasteiger partial charge in [-0.05, 0) is 37.5 Å². The summed E-state index contributed by atoms with van der Waals surface area (Å²) in [5.74, 6) is -0.925. The average Bonchev–Trinajstić information content (AvgIpc) is 2.61. The van der Waals surface area contributed by atoms with E-state index in [9.17, 15) is 9.59 Å². The maximum absolute atomic E-state index is 12.6. The summed E-state index contributed by atoms with van der Waals surface area (Å²) in [6.07, 6.45) is 2.46. The molecule has 0 spiro atoms. The van der Waals surface area contributed by atoms with Crippen molar-refractivity contribution in [1.29, 1.82) is 0 Å². The minimum atomic E-state index is -0.885. The Morgan fingerprint density at radius 2 is 1.96 bits per heavy atom. The van der Waals surface area contributed by atoms with Crippen molar-refractivity contribution in [2.45, 2.75) is 32.2 Å². The highest BCUT2D eigenvalue weighted by atomic mass is 16.5. The summed E-state index contributed by atoms with van der Waals surface area (Å²) in [7, 11) is 0. The number of rotatable bonds is 9. The van der Waals surface area contributed by atoms with E-state index in [1.807, 2.05) is 37.3 Å². The molecule has 1 atom stereocenters. The number of carboxylic acids is 1. The zero-order valence-corrected chi connectivity index (χ0v) is 14.1. The second kappa shape index (κ2) is 9.42. The van der Waals surface area contributed by atoms with E-state index >= 15 is 0 Å². The maximum Gasteiger partial charge on any atom is 0.303 e. The van der Waals surface area contributed by atoms with Crippen LogP contribution in [0.5, 0.6) is 5.88 Å². The molecule has 0 fully saturated rings. The lowest BCUT2D eigenvalue weighted by Gasteiger charge is -2.19. The van der Waals surface area contributed by atoms with Gasteiger partial charge in [0.2, 0.25) is 5.88 Å². The van der Waals surface area contributed by atoms with Gasteiger partial charge in [0.1, 0.15) is 5.56 Å². The minimum Gasteiger partial charge on any atom is -0.481 e. The molecule has 2 rings (SSSR count). The molecule has 0 bridgehead atoms. The zero-order valence-electron chi connectivity index (χ0n) is 14.1. The van der Waals surface area contributed by atoms with Crippen molar-refractivity contribution in [2.75, 3.05) is 6.61 Å². The summed E-state index contributed by atoms with van der Waals surface area (Å²) in [5, 5.41) is 11.9. The Hall–Kier alpha value is -2.89. The lowest BCUT2D eigenvalue weighted by atomic mass is 10.0. The fraction of sp³-hybridized carbons (Fsp3) is 0.316. The number of hydrogen-bond acceptors (Lipinski definition) is 4. The smallest absolute Gasteiger partial charge is 0.303 e. The number of benzene rings is 1. The van der Waals surface area contributed by atoms with E-state index in [-0.39, 0.29) is 24.2 Å². The number of carbonyl (C=O) groups excluding carboxylic acids is 1. The molecule has 1 aromatic heterocycles. The molecule has 6 heteroatoms. The number of carboxylic acid groups (broad SMARTS) is 1. The first-order valence-electron chi connectivity index (χ1n) is 8.24. The molecule has 1 amide bonds. The summed E-state index contributed by atoms with van der Waals surface area (Å²) >= 11 is 0. The number of nitrogens with zero attached hydrogens (tertiary/aromatic N) is 1. The van der Waals surface area contributed by atoms with Gasteiger partial charge in [-0.1, -0.05) is 30.3 Å². The quantitative estimate of drug-likeness (QED) is 0.731. The van der Waals surface area contributed by atoms with Gasteiger partial charge in [0.15, 0.2) is 0 Å². The van der Waals surface area contributed by atoms with Crippen LogP contribution >= 0.6 is 0 Å². The Bertz CT molecular complexity index is 704. The van der Waals surface area contributed by atoms with Gasteiger partial charge in [-0.25, -0.2) is 4.98 Å². The normalized spacial score (nSPS) is 11.6. The maximum atomic E-state index is 12.6. The van der Waals surface area contributed by atoms with Crippen LogP contribution in [0.2, 0.25) is 0 Å². The van der Waals surface area contributed by atoms with Crippen LogP contribution in [-0.2, 0) is 11.2 Å². The lowest BCUT2D eigenvalue weighted by Crippen LogP contribution is -2.37. The average molecular weight is 342 g/mol. The van der Waals surface area contributed by atoms with Crippen molar-refractivity contribution in [1.82, 2.24) is 10.3 Å². The van der Waals surface area contributed by atoms with Gasteiger partial charge in [0.05, 0.1) is 6.61 Å². The summed E-state index contributed by atoms with van der Waals surface area (Å²) in [6, 6.07) is 12.7. The van der Waals surface area contributed by atoms with Crippen LogP contribution < -0.4 is 10.1 Å². The largest absolute Gasteiger partial charge is 0.481 e. The first-order valence-corrected chi connectivity index (χ1v) is 8.24. The number of carbonyl (C=O) groups is 2. The van der Waals surface area contributed by atoms with E-state index in [1.165, 1.54) is 0 Å². The third-order valence-electron chi connectivity index (χ3n) is 3.66. The van der Waals surface area contributed by atoms with Crippen LogP contribution in [0, 0.1) is 0 Å². The Kier molecular flexibility index (Phi) is 6.95. The molecule has 1 heterocycles. The second-order valence-electron chi connectivity index (χ2n) is 5.58. The first-order chi connectivity index (χ1) is 12.1. The standard InChI is InChI=1S/C19H22N2O4/c1-2-25-19-16(9-6-12-20-19)18(24)21-15(10-11-17(22)23)13-14-7-4-3-5-8-14/h3-9,12,15H,2,10-11,13H2,1H3,(H,21,24)(H,22,23). The highest BCUT2D eigenvalue weighted by Crippen LogP contribution is 2.15. The number of hydrogen-bond donors (Lipinski definition) is 2. The molecule has 1 aromatic carbocycles. The number of nitrogens with one attached hydrogen (secondary N) is 1. The van der Waals surface area contributed by atoms with E-state index < -0.39 is 5.97 Å². The molecule has 0 saturated heterocycles. The van der Waals surface area contributed by atoms with Crippen LogP contribution in [-0.4, -0.2) is 34.6 Å². The van der Waals surface area contributed by atoms with Crippen LogP contribution in [0.1, 0.15) is 35.7 Å². The van der Waals surface area contributed by atoms with Crippen molar-refractivity contribution < 1.29 is 19.4 Å². The second-order valence-corrected chi connectivity index (χ2v) is 5.58. The Balaban J connectivity index is 2.12. The van der Waals surface area contributed by atoms with Gasteiger partial charge >= 0.3 is 5.97 Å². The highest BCUT2D eigenvalue weighted by Gasteiger charge is 2.19. The molecule has 0 radical (unpaired) electrons. The predicted molar refractivity (Wildman–Crippen MR) is 93.7 cm³/mol. The number of amides is 1.